The summed E-state index contributed by atoms with van der Waals surface area (Å²) in [6.07, 6.45) is 5.19. The molecule has 0 aliphatic heterocycles. The summed E-state index contributed by atoms with van der Waals surface area (Å²) >= 11 is 1.28. The van der Waals surface area contributed by atoms with E-state index in [-0.39, 0.29) is 17.2 Å². The van der Waals surface area contributed by atoms with Gasteiger partial charge in [0.05, 0.1) is 29.5 Å². The standard InChI is InChI=1S/C24H25N3O3S/c1-3-26(17-10-4-5-11-17)22(28)16-31-24-25-19-13-7-6-12-18(19)23(29)27(24)20-14-8-9-15-21(20)30-2/h6-10,12-15H,3-5,11,16H2,1-2H3. The normalized spacial score (nSPS) is 13.3. The van der Waals surface area contributed by atoms with Crippen LogP contribution in [0.3, 0.4) is 0 Å². The van der Waals surface area contributed by atoms with Crippen molar-refractivity contribution in [1.82, 2.24) is 14.5 Å². The van der Waals surface area contributed by atoms with Gasteiger partial charge in [0.1, 0.15) is 5.75 Å². The number of thioether (sulfide) groups is 1. The molecule has 1 heterocycles. The van der Waals surface area contributed by atoms with Gasteiger partial charge >= 0.3 is 0 Å². The third kappa shape index (κ3) is 4.23. The Hall–Kier alpha value is -3.06. The van der Waals surface area contributed by atoms with E-state index in [0.717, 1.165) is 25.0 Å². The molecule has 6 nitrogen and oxygen atoms in total. The van der Waals surface area contributed by atoms with Crippen molar-refractivity contribution in [2.24, 2.45) is 0 Å². The summed E-state index contributed by atoms with van der Waals surface area (Å²) in [6.45, 7) is 2.62. The highest BCUT2D eigenvalue weighted by Gasteiger charge is 2.21. The zero-order chi connectivity index (χ0) is 21.8. The average Bonchev–Trinajstić information content (AvgIpc) is 3.33. The van der Waals surface area contributed by atoms with E-state index in [1.54, 1.807) is 17.7 Å². The summed E-state index contributed by atoms with van der Waals surface area (Å²) in [7, 11) is 1.57. The molecule has 1 aliphatic rings. The quantitative estimate of drug-likeness (QED) is 0.406. The van der Waals surface area contributed by atoms with Gasteiger partial charge in [-0.15, -0.1) is 0 Å². The van der Waals surface area contributed by atoms with Gasteiger partial charge < -0.3 is 9.64 Å². The minimum atomic E-state index is -0.184. The smallest absolute Gasteiger partial charge is 0.266 e. The molecule has 0 unspecified atom stereocenters. The number of hydrogen-bond donors (Lipinski definition) is 0. The maximum atomic E-state index is 13.4. The lowest BCUT2D eigenvalue weighted by Gasteiger charge is -2.22. The van der Waals surface area contributed by atoms with Crippen molar-refractivity contribution in [2.75, 3.05) is 19.4 Å². The van der Waals surface area contributed by atoms with Crippen LogP contribution in [0.5, 0.6) is 5.75 Å². The van der Waals surface area contributed by atoms with Crippen molar-refractivity contribution in [1.29, 1.82) is 0 Å². The molecule has 2 aromatic carbocycles. The van der Waals surface area contributed by atoms with Crippen LogP contribution in [0.1, 0.15) is 26.2 Å². The number of rotatable bonds is 7. The average molecular weight is 436 g/mol. The molecule has 31 heavy (non-hydrogen) atoms. The van der Waals surface area contributed by atoms with Crippen LogP contribution in [-0.4, -0.2) is 39.8 Å². The van der Waals surface area contributed by atoms with Crippen LogP contribution < -0.4 is 10.3 Å². The number of ether oxygens (including phenoxy) is 1. The Morgan fingerprint density at radius 3 is 2.71 bits per heavy atom. The van der Waals surface area contributed by atoms with Crippen LogP contribution in [0.4, 0.5) is 0 Å². The fourth-order valence-electron chi connectivity index (χ4n) is 3.88. The number of amides is 1. The van der Waals surface area contributed by atoms with Gasteiger partial charge in [-0.05, 0) is 50.5 Å². The van der Waals surface area contributed by atoms with Gasteiger partial charge in [0.25, 0.3) is 5.56 Å². The molecule has 7 heteroatoms. The number of fused-ring (bicyclic) bond motifs is 1. The summed E-state index contributed by atoms with van der Waals surface area (Å²) < 4.78 is 7.04. The summed E-state index contributed by atoms with van der Waals surface area (Å²) in [5, 5.41) is 0.994. The molecule has 0 N–H and O–H groups in total. The van der Waals surface area contributed by atoms with E-state index in [4.69, 9.17) is 9.72 Å². The van der Waals surface area contributed by atoms with Gasteiger partial charge in [0.15, 0.2) is 5.16 Å². The topological polar surface area (TPSA) is 64.4 Å². The summed E-state index contributed by atoms with van der Waals surface area (Å²) in [5.41, 5.74) is 2.13. The highest BCUT2D eigenvalue weighted by Crippen LogP contribution is 2.28. The second kappa shape index (κ2) is 9.39. The lowest BCUT2D eigenvalue weighted by Crippen LogP contribution is -2.31. The third-order valence-electron chi connectivity index (χ3n) is 5.38. The maximum Gasteiger partial charge on any atom is 0.266 e. The first kappa shape index (κ1) is 21.2. The minimum absolute atomic E-state index is 0.0228. The first-order valence-corrected chi connectivity index (χ1v) is 11.4. The zero-order valence-electron chi connectivity index (χ0n) is 17.7. The van der Waals surface area contributed by atoms with Gasteiger partial charge in [-0.2, -0.15) is 0 Å². The van der Waals surface area contributed by atoms with Gasteiger partial charge in [-0.25, -0.2) is 4.98 Å². The Morgan fingerprint density at radius 2 is 1.97 bits per heavy atom. The number of allylic oxidation sites excluding steroid dienone is 2. The summed E-state index contributed by atoms with van der Waals surface area (Å²) in [6, 6.07) is 14.6. The number of carbonyl (C=O) groups excluding carboxylic acids is 1. The molecular formula is C24H25N3O3S. The molecule has 3 aromatic rings. The molecule has 0 spiro atoms. The van der Waals surface area contributed by atoms with Crippen LogP contribution in [0, 0.1) is 0 Å². The van der Waals surface area contributed by atoms with E-state index in [0.29, 0.717) is 34.0 Å². The van der Waals surface area contributed by atoms with Crippen LogP contribution in [0.25, 0.3) is 16.6 Å². The van der Waals surface area contributed by atoms with E-state index < -0.39 is 0 Å². The molecule has 0 saturated carbocycles. The van der Waals surface area contributed by atoms with Crippen LogP contribution >= 0.6 is 11.8 Å². The summed E-state index contributed by atoms with van der Waals surface area (Å²) in [4.78, 5) is 33.0. The van der Waals surface area contributed by atoms with E-state index in [9.17, 15) is 9.59 Å². The number of benzene rings is 2. The van der Waals surface area contributed by atoms with E-state index in [1.165, 1.54) is 11.8 Å². The fraction of sp³-hybridized carbons (Fsp3) is 0.292. The van der Waals surface area contributed by atoms with Gasteiger partial charge in [0, 0.05) is 12.2 Å². The lowest BCUT2D eigenvalue weighted by molar-refractivity contribution is -0.126. The predicted molar refractivity (Wildman–Crippen MR) is 124 cm³/mol. The van der Waals surface area contributed by atoms with Crippen LogP contribution in [0.2, 0.25) is 0 Å². The number of hydrogen-bond acceptors (Lipinski definition) is 5. The molecule has 1 aromatic heterocycles. The Balaban J connectivity index is 1.74. The minimum Gasteiger partial charge on any atom is -0.495 e. The van der Waals surface area contributed by atoms with Gasteiger partial charge in [-0.3, -0.25) is 14.2 Å². The molecule has 160 valence electrons. The summed E-state index contributed by atoms with van der Waals surface area (Å²) in [5.74, 6) is 0.793. The first-order chi connectivity index (χ1) is 15.1. The molecule has 1 aliphatic carbocycles. The second-order valence-corrected chi connectivity index (χ2v) is 8.18. The van der Waals surface area contributed by atoms with Crippen molar-refractivity contribution in [3.8, 4) is 11.4 Å². The molecule has 4 rings (SSSR count). The molecule has 1 amide bonds. The Kier molecular flexibility index (Phi) is 6.42. The van der Waals surface area contributed by atoms with E-state index in [2.05, 4.69) is 6.08 Å². The Labute approximate surface area is 185 Å². The molecule has 0 radical (unpaired) electrons. The fourth-order valence-corrected chi connectivity index (χ4v) is 4.76. The number of methoxy groups -OCH3 is 1. The molecular weight excluding hydrogens is 410 g/mol. The van der Waals surface area contributed by atoms with Crippen molar-refractivity contribution in [3.05, 3.63) is 70.7 Å². The Morgan fingerprint density at radius 1 is 1.19 bits per heavy atom. The zero-order valence-corrected chi connectivity index (χ0v) is 18.5. The van der Waals surface area contributed by atoms with E-state index >= 15 is 0 Å². The highest BCUT2D eigenvalue weighted by atomic mass is 32.2. The predicted octanol–water partition coefficient (Wildman–Crippen LogP) is 4.40. The lowest BCUT2D eigenvalue weighted by atomic mass is 10.2. The first-order valence-electron chi connectivity index (χ1n) is 10.4. The van der Waals surface area contributed by atoms with Crippen molar-refractivity contribution in [3.63, 3.8) is 0 Å². The van der Waals surface area contributed by atoms with Crippen LogP contribution in [-0.2, 0) is 4.79 Å². The SMILES string of the molecule is CCN(C(=O)CSc1nc2ccccc2c(=O)n1-c1ccccc1OC)C1=CCCC1. The largest absolute Gasteiger partial charge is 0.495 e. The molecule has 0 bridgehead atoms. The van der Waals surface area contributed by atoms with E-state index in [1.807, 2.05) is 54.3 Å². The van der Waals surface area contributed by atoms with Crippen LogP contribution in [0.15, 0.2) is 70.3 Å². The number of aromatic nitrogens is 2. The second-order valence-electron chi connectivity index (χ2n) is 7.24. The number of nitrogens with zero attached hydrogens (tertiary/aromatic N) is 3. The van der Waals surface area contributed by atoms with Crippen molar-refractivity contribution < 1.29 is 9.53 Å². The number of carbonyl (C=O) groups is 1. The monoisotopic (exact) mass is 435 g/mol. The molecule has 0 atom stereocenters. The van der Waals surface area contributed by atoms with Crippen molar-refractivity contribution >= 4 is 28.6 Å². The van der Waals surface area contributed by atoms with Crippen molar-refractivity contribution in [2.45, 2.75) is 31.3 Å². The van der Waals surface area contributed by atoms with Gasteiger partial charge in [-0.1, -0.05) is 42.1 Å². The van der Waals surface area contributed by atoms with Gasteiger partial charge in [0.2, 0.25) is 5.91 Å². The Bertz CT molecular complexity index is 1200. The maximum absolute atomic E-state index is 13.4. The number of para-hydroxylation sites is 3. The molecule has 0 fully saturated rings. The molecule has 0 saturated heterocycles. The highest BCUT2D eigenvalue weighted by molar-refractivity contribution is 7.99. The third-order valence-corrected chi connectivity index (χ3v) is 6.30.